The van der Waals surface area contributed by atoms with E-state index in [2.05, 4.69) is 25.3 Å². The number of aromatic nitrogens is 2. The highest BCUT2D eigenvalue weighted by Gasteiger charge is 2.46. The van der Waals surface area contributed by atoms with Gasteiger partial charge in [-0.25, -0.2) is 4.39 Å². The van der Waals surface area contributed by atoms with Gasteiger partial charge in [0, 0.05) is 52.2 Å². The predicted molar refractivity (Wildman–Crippen MR) is 154 cm³/mol. The Balaban J connectivity index is 0.934. The van der Waals surface area contributed by atoms with E-state index in [0.29, 0.717) is 30.8 Å². The third-order valence-corrected chi connectivity index (χ3v) is 9.77. The summed E-state index contributed by atoms with van der Waals surface area (Å²) in [5.41, 5.74) is 5.75. The van der Waals surface area contributed by atoms with E-state index in [4.69, 9.17) is 5.73 Å². The summed E-state index contributed by atoms with van der Waals surface area (Å²) in [5, 5.41) is 10.3. The molecule has 44 heavy (non-hydrogen) atoms. The van der Waals surface area contributed by atoms with Crippen LogP contribution in [0.3, 0.4) is 0 Å². The van der Waals surface area contributed by atoms with Crippen molar-refractivity contribution in [2.75, 3.05) is 55.6 Å². The van der Waals surface area contributed by atoms with Crippen molar-refractivity contribution < 1.29 is 28.4 Å². The largest absolute Gasteiger partial charge is 0.369 e. The lowest BCUT2D eigenvalue weighted by molar-refractivity contribution is -0.136. The lowest BCUT2D eigenvalue weighted by atomic mass is 9.95. The van der Waals surface area contributed by atoms with Gasteiger partial charge in [0.1, 0.15) is 11.9 Å². The molecule has 6 heterocycles. The first-order chi connectivity index (χ1) is 21.2. The zero-order chi connectivity index (χ0) is 30.7. The maximum atomic E-state index is 15.3. The van der Waals surface area contributed by atoms with Crippen LogP contribution in [0.25, 0.3) is 0 Å². The van der Waals surface area contributed by atoms with Gasteiger partial charge in [-0.2, -0.15) is 0 Å². The number of hydrogen-bond acceptors (Lipinski definition) is 10. The Labute approximate surface area is 252 Å². The standard InChI is InChI=1S/C30H33FN8O5/c31-21-9-19-20(30(44)39(29(19)43)23-2-4-26(40)33-28(23)42)10-24(21)37-7-5-16(6-8-37)11-36-12-17-14-38(15-18(17)13-36)25-3-1-22(27(32)41)34-35-25/h1,3,9-10,16-18,23H,2,4-8,11-15H2,(H2,32,41)(H,33,40,42). The van der Waals surface area contributed by atoms with E-state index in [0.717, 1.165) is 62.3 Å². The smallest absolute Gasteiger partial charge is 0.269 e. The summed E-state index contributed by atoms with van der Waals surface area (Å²) < 4.78 is 15.3. The molecule has 0 saturated carbocycles. The normalized spacial score (nSPS) is 25.9. The molecule has 0 aliphatic carbocycles. The molecule has 3 atom stereocenters. The van der Waals surface area contributed by atoms with Gasteiger partial charge in [0.25, 0.3) is 17.7 Å². The molecular weight excluding hydrogens is 571 g/mol. The van der Waals surface area contributed by atoms with Crippen LogP contribution in [0.1, 0.15) is 56.9 Å². The van der Waals surface area contributed by atoms with Gasteiger partial charge in [0.15, 0.2) is 11.5 Å². The fourth-order valence-electron chi connectivity index (χ4n) is 7.49. The summed E-state index contributed by atoms with van der Waals surface area (Å²) in [6.45, 7) is 6.05. The highest BCUT2D eigenvalue weighted by atomic mass is 19.1. The second-order valence-corrected chi connectivity index (χ2v) is 12.5. The van der Waals surface area contributed by atoms with Crippen LogP contribution >= 0.6 is 0 Å². The van der Waals surface area contributed by atoms with Crippen molar-refractivity contribution >= 4 is 41.0 Å². The van der Waals surface area contributed by atoms with Gasteiger partial charge in [-0.1, -0.05) is 0 Å². The van der Waals surface area contributed by atoms with Gasteiger partial charge in [-0.3, -0.25) is 34.2 Å². The van der Waals surface area contributed by atoms with E-state index in [-0.39, 0.29) is 35.3 Å². The zero-order valence-electron chi connectivity index (χ0n) is 24.1. The third kappa shape index (κ3) is 4.96. The van der Waals surface area contributed by atoms with E-state index in [9.17, 15) is 24.0 Å². The van der Waals surface area contributed by atoms with Crippen molar-refractivity contribution in [3.63, 3.8) is 0 Å². The van der Waals surface area contributed by atoms with E-state index < -0.39 is 41.4 Å². The number of hydrogen-bond donors (Lipinski definition) is 2. The molecule has 5 amide bonds. The second-order valence-electron chi connectivity index (χ2n) is 12.5. The van der Waals surface area contributed by atoms with Crippen LogP contribution in [-0.2, 0) is 9.59 Å². The molecule has 1 aromatic heterocycles. The number of nitrogens with one attached hydrogen (secondary N) is 1. The van der Waals surface area contributed by atoms with Crippen LogP contribution < -0.4 is 20.9 Å². The molecule has 3 N–H and O–H groups in total. The fraction of sp³-hybridized carbons (Fsp3) is 0.500. The number of piperidine rings is 2. The molecule has 1 aromatic carbocycles. The van der Waals surface area contributed by atoms with Crippen molar-refractivity contribution in [2.24, 2.45) is 23.5 Å². The van der Waals surface area contributed by atoms with Crippen LogP contribution in [0.5, 0.6) is 0 Å². The molecule has 5 aliphatic rings. The minimum Gasteiger partial charge on any atom is -0.369 e. The Bertz CT molecular complexity index is 1550. The average Bonchev–Trinajstić information content (AvgIpc) is 3.64. The Morgan fingerprint density at radius 3 is 2.20 bits per heavy atom. The van der Waals surface area contributed by atoms with Crippen LogP contribution in [0.2, 0.25) is 0 Å². The molecule has 7 rings (SSSR count). The predicted octanol–water partition coefficient (Wildman–Crippen LogP) is 0.400. The van der Waals surface area contributed by atoms with Gasteiger partial charge < -0.3 is 20.4 Å². The topological polar surface area (TPSA) is 162 Å². The van der Waals surface area contributed by atoms with Gasteiger partial charge in [-0.05, 0) is 61.3 Å². The van der Waals surface area contributed by atoms with E-state index in [1.54, 1.807) is 12.1 Å². The maximum absolute atomic E-state index is 15.3. The van der Waals surface area contributed by atoms with Gasteiger partial charge in [-0.15, -0.1) is 10.2 Å². The Kier molecular flexibility index (Phi) is 7.03. The fourth-order valence-corrected chi connectivity index (χ4v) is 7.49. The molecule has 4 fully saturated rings. The number of halogens is 1. The van der Waals surface area contributed by atoms with Crippen LogP contribution in [0.15, 0.2) is 24.3 Å². The number of likely N-dealkylation sites (tertiary alicyclic amines) is 1. The van der Waals surface area contributed by atoms with Gasteiger partial charge in [0.05, 0.1) is 16.8 Å². The number of nitrogens with zero attached hydrogens (tertiary/aromatic N) is 6. The molecule has 14 heteroatoms. The van der Waals surface area contributed by atoms with Crippen LogP contribution in [0.4, 0.5) is 15.9 Å². The van der Waals surface area contributed by atoms with Gasteiger partial charge in [0.2, 0.25) is 11.8 Å². The van der Waals surface area contributed by atoms with Crippen LogP contribution in [-0.4, -0.2) is 101 Å². The highest BCUT2D eigenvalue weighted by Crippen LogP contribution is 2.36. The minimum absolute atomic E-state index is 0.0266. The number of rotatable bonds is 6. The van der Waals surface area contributed by atoms with E-state index >= 15 is 4.39 Å². The number of benzene rings is 1. The Morgan fingerprint density at radius 2 is 1.59 bits per heavy atom. The zero-order valence-corrected chi connectivity index (χ0v) is 24.1. The molecule has 3 unspecified atom stereocenters. The molecule has 13 nitrogen and oxygen atoms in total. The van der Waals surface area contributed by atoms with Crippen molar-refractivity contribution in [3.05, 3.63) is 46.9 Å². The summed E-state index contributed by atoms with van der Waals surface area (Å²) in [5.74, 6) is -1.34. The summed E-state index contributed by atoms with van der Waals surface area (Å²) in [4.78, 5) is 68.9. The maximum Gasteiger partial charge on any atom is 0.269 e. The Hall–Kier alpha value is -4.46. The number of nitrogens with two attached hydrogens (primary N) is 1. The first kappa shape index (κ1) is 28.3. The molecule has 0 radical (unpaired) electrons. The van der Waals surface area contributed by atoms with Gasteiger partial charge >= 0.3 is 0 Å². The monoisotopic (exact) mass is 604 g/mol. The number of amides is 5. The van der Waals surface area contributed by atoms with E-state index in [1.165, 1.54) is 6.07 Å². The number of primary amides is 1. The number of fused-ring (bicyclic) bond motifs is 2. The molecule has 230 valence electrons. The van der Waals surface area contributed by atoms with Crippen molar-refractivity contribution in [1.82, 2.24) is 25.3 Å². The molecule has 2 aromatic rings. The third-order valence-electron chi connectivity index (χ3n) is 9.77. The minimum atomic E-state index is -1.08. The molecular formula is C30H33FN8O5. The first-order valence-corrected chi connectivity index (χ1v) is 15.1. The molecule has 4 saturated heterocycles. The van der Waals surface area contributed by atoms with Crippen molar-refractivity contribution in [1.29, 1.82) is 0 Å². The summed E-state index contributed by atoms with van der Waals surface area (Å²) >= 11 is 0. The number of carbonyl (C=O) groups excluding carboxylic acids is 5. The van der Waals surface area contributed by atoms with Crippen molar-refractivity contribution in [3.8, 4) is 0 Å². The molecule has 0 spiro atoms. The number of anilines is 2. The second kappa shape index (κ2) is 10.9. The number of imide groups is 2. The van der Waals surface area contributed by atoms with E-state index in [1.807, 2.05) is 4.90 Å². The van der Waals surface area contributed by atoms with Crippen LogP contribution in [0, 0.1) is 23.6 Å². The molecule has 5 aliphatic heterocycles. The SMILES string of the molecule is NC(=O)c1ccc(N2CC3CN(CC4CCN(c5cc6c(cc5F)C(=O)N(C5CCC(=O)NC5=O)C6=O)CC4)CC3C2)nn1. The Morgan fingerprint density at radius 1 is 0.909 bits per heavy atom. The lowest BCUT2D eigenvalue weighted by Gasteiger charge is -2.35. The lowest BCUT2D eigenvalue weighted by Crippen LogP contribution is -2.54. The quantitative estimate of drug-likeness (QED) is 0.442. The first-order valence-electron chi connectivity index (χ1n) is 15.1. The summed E-state index contributed by atoms with van der Waals surface area (Å²) in [7, 11) is 0. The summed E-state index contributed by atoms with van der Waals surface area (Å²) in [6, 6.07) is 4.87. The number of carbonyl (C=O) groups is 5. The highest BCUT2D eigenvalue weighted by molar-refractivity contribution is 6.23. The molecule has 0 bridgehead atoms. The van der Waals surface area contributed by atoms with Crippen molar-refractivity contribution in [2.45, 2.75) is 31.7 Å². The summed E-state index contributed by atoms with van der Waals surface area (Å²) in [6.07, 6.45) is 1.84. The average molecular weight is 605 g/mol.